The van der Waals surface area contributed by atoms with Gasteiger partial charge in [-0.15, -0.1) is 0 Å². The van der Waals surface area contributed by atoms with Crippen LogP contribution in [0.15, 0.2) is 0 Å². The molecule has 0 aliphatic carbocycles. The summed E-state index contributed by atoms with van der Waals surface area (Å²) in [7, 11) is 0. The van der Waals surface area contributed by atoms with Gasteiger partial charge >= 0.3 is 0 Å². The molecule has 2 atom stereocenters. The summed E-state index contributed by atoms with van der Waals surface area (Å²) >= 11 is 2.11. The number of rotatable bonds is 6. The summed E-state index contributed by atoms with van der Waals surface area (Å²) in [6, 6.07) is 0.800. The first-order valence-corrected chi connectivity index (χ1v) is 7.08. The Labute approximate surface area is 93.4 Å². The molecule has 0 radical (unpaired) electrons. The third-order valence-electron chi connectivity index (χ3n) is 2.84. The van der Waals surface area contributed by atoms with Gasteiger partial charge < -0.3 is 5.32 Å². The van der Waals surface area contributed by atoms with Gasteiger partial charge in [-0.05, 0) is 25.3 Å². The Kier molecular flexibility index (Phi) is 5.95. The molecule has 1 heterocycles. The van der Waals surface area contributed by atoms with Gasteiger partial charge in [-0.3, -0.25) is 0 Å². The van der Waals surface area contributed by atoms with Crippen LogP contribution in [-0.2, 0) is 0 Å². The monoisotopic (exact) mass is 215 g/mol. The molecule has 0 aromatic heterocycles. The molecule has 1 aliphatic heterocycles. The molecule has 0 amide bonds. The second-order valence-electron chi connectivity index (χ2n) is 4.92. The fourth-order valence-corrected chi connectivity index (χ4v) is 3.13. The van der Waals surface area contributed by atoms with Crippen LogP contribution in [0, 0.1) is 5.92 Å². The van der Waals surface area contributed by atoms with E-state index < -0.39 is 0 Å². The van der Waals surface area contributed by atoms with Gasteiger partial charge in [0.2, 0.25) is 0 Å². The summed E-state index contributed by atoms with van der Waals surface area (Å²) in [6.07, 6.45) is 5.50. The van der Waals surface area contributed by atoms with E-state index >= 15 is 0 Å². The Hall–Kier alpha value is 0.310. The molecule has 0 aromatic carbocycles. The van der Waals surface area contributed by atoms with Crippen LogP contribution in [0.2, 0.25) is 0 Å². The van der Waals surface area contributed by atoms with Crippen LogP contribution in [0.5, 0.6) is 0 Å². The van der Waals surface area contributed by atoms with Crippen molar-refractivity contribution in [2.45, 2.75) is 57.7 Å². The van der Waals surface area contributed by atoms with E-state index in [-0.39, 0.29) is 0 Å². The molecule has 0 saturated carbocycles. The predicted molar refractivity (Wildman–Crippen MR) is 67.0 cm³/mol. The Balaban J connectivity index is 1.89. The summed E-state index contributed by atoms with van der Waals surface area (Å²) in [5, 5.41) is 4.54. The molecular weight excluding hydrogens is 190 g/mol. The number of hydrogen-bond acceptors (Lipinski definition) is 2. The molecule has 0 bridgehead atoms. The minimum absolute atomic E-state index is 0.800. The van der Waals surface area contributed by atoms with E-state index in [4.69, 9.17) is 0 Å². The van der Waals surface area contributed by atoms with Gasteiger partial charge in [0.1, 0.15) is 0 Å². The largest absolute Gasteiger partial charge is 0.313 e. The van der Waals surface area contributed by atoms with Gasteiger partial charge in [0.05, 0.1) is 0 Å². The molecular formula is C12H25NS. The molecule has 14 heavy (non-hydrogen) atoms. The third-order valence-corrected chi connectivity index (χ3v) is 4.20. The van der Waals surface area contributed by atoms with Crippen LogP contribution in [0.4, 0.5) is 0 Å². The molecule has 0 aromatic rings. The van der Waals surface area contributed by atoms with Crippen molar-refractivity contribution >= 4 is 11.8 Å². The number of hydrogen-bond donors (Lipinski definition) is 1. The molecule has 1 N–H and O–H groups in total. The lowest BCUT2D eigenvalue weighted by atomic mass is 10.1. The molecule has 84 valence electrons. The molecule has 1 nitrogen and oxygen atoms in total. The highest BCUT2D eigenvalue weighted by Crippen LogP contribution is 2.25. The lowest BCUT2D eigenvalue weighted by Crippen LogP contribution is -2.29. The maximum atomic E-state index is 3.66. The SMILES string of the molecule is CC(C)CCCCNC1CSC(C)C1. The highest BCUT2D eigenvalue weighted by Gasteiger charge is 2.20. The maximum Gasteiger partial charge on any atom is 0.0168 e. The second-order valence-corrected chi connectivity index (χ2v) is 6.39. The summed E-state index contributed by atoms with van der Waals surface area (Å²) in [5.74, 6) is 2.20. The van der Waals surface area contributed by atoms with Crippen LogP contribution in [0.25, 0.3) is 0 Å². The van der Waals surface area contributed by atoms with E-state index in [1.165, 1.54) is 38.0 Å². The smallest absolute Gasteiger partial charge is 0.0168 e. The van der Waals surface area contributed by atoms with Gasteiger partial charge in [0, 0.05) is 17.0 Å². The van der Waals surface area contributed by atoms with Gasteiger partial charge in [-0.1, -0.05) is 33.6 Å². The van der Waals surface area contributed by atoms with E-state index in [0.717, 1.165) is 17.2 Å². The zero-order valence-corrected chi connectivity index (χ0v) is 10.7. The minimum Gasteiger partial charge on any atom is -0.313 e. The number of thioether (sulfide) groups is 1. The Morgan fingerprint density at radius 2 is 2.14 bits per heavy atom. The minimum atomic E-state index is 0.800. The molecule has 2 heteroatoms. The summed E-state index contributed by atoms with van der Waals surface area (Å²) in [5.41, 5.74) is 0. The van der Waals surface area contributed by atoms with Crippen LogP contribution in [-0.4, -0.2) is 23.6 Å². The molecule has 2 unspecified atom stereocenters. The second kappa shape index (κ2) is 6.73. The van der Waals surface area contributed by atoms with Crippen LogP contribution < -0.4 is 5.32 Å². The van der Waals surface area contributed by atoms with Gasteiger partial charge in [0.15, 0.2) is 0 Å². The Morgan fingerprint density at radius 1 is 1.36 bits per heavy atom. The zero-order valence-electron chi connectivity index (χ0n) is 9.88. The van der Waals surface area contributed by atoms with Crippen molar-refractivity contribution in [2.75, 3.05) is 12.3 Å². The van der Waals surface area contributed by atoms with Gasteiger partial charge in [0.25, 0.3) is 0 Å². The van der Waals surface area contributed by atoms with E-state index in [0.29, 0.717) is 0 Å². The van der Waals surface area contributed by atoms with E-state index in [2.05, 4.69) is 37.8 Å². The van der Waals surface area contributed by atoms with E-state index in [1.54, 1.807) is 0 Å². The summed E-state index contributed by atoms with van der Waals surface area (Å²) in [6.45, 7) is 8.18. The lowest BCUT2D eigenvalue weighted by Gasteiger charge is -2.11. The number of unbranched alkanes of at least 4 members (excludes halogenated alkanes) is 1. The van der Waals surface area contributed by atoms with E-state index in [1.807, 2.05) is 0 Å². The first-order chi connectivity index (χ1) is 6.68. The van der Waals surface area contributed by atoms with Crippen molar-refractivity contribution < 1.29 is 0 Å². The highest BCUT2D eigenvalue weighted by atomic mass is 32.2. The lowest BCUT2D eigenvalue weighted by molar-refractivity contribution is 0.487. The van der Waals surface area contributed by atoms with Crippen molar-refractivity contribution in [1.82, 2.24) is 5.32 Å². The maximum absolute atomic E-state index is 3.66. The van der Waals surface area contributed by atoms with Crippen molar-refractivity contribution in [3.8, 4) is 0 Å². The fraction of sp³-hybridized carbons (Fsp3) is 1.00. The summed E-state index contributed by atoms with van der Waals surface area (Å²) in [4.78, 5) is 0. The van der Waals surface area contributed by atoms with Crippen molar-refractivity contribution in [3.63, 3.8) is 0 Å². The molecule has 0 spiro atoms. The number of nitrogens with one attached hydrogen (secondary N) is 1. The van der Waals surface area contributed by atoms with Gasteiger partial charge in [-0.2, -0.15) is 11.8 Å². The average Bonchev–Trinajstić information content (AvgIpc) is 2.50. The van der Waals surface area contributed by atoms with Crippen molar-refractivity contribution in [2.24, 2.45) is 5.92 Å². The highest BCUT2D eigenvalue weighted by molar-refractivity contribution is 8.00. The van der Waals surface area contributed by atoms with Crippen LogP contribution in [0.1, 0.15) is 46.5 Å². The first kappa shape index (κ1) is 12.4. The normalized spacial score (nSPS) is 27.4. The molecule has 1 rings (SSSR count). The Bertz CT molecular complexity index is 147. The van der Waals surface area contributed by atoms with Crippen LogP contribution >= 0.6 is 11.8 Å². The zero-order chi connectivity index (χ0) is 10.4. The van der Waals surface area contributed by atoms with Gasteiger partial charge in [-0.25, -0.2) is 0 Å². The third kappa shape index (κ3) is 5.26. The van der Waals surface area contributed by atoms with Crippen molar-refractivity contribution in [1.29, 1.82) is 0 Å². The molecule has 1 aliphatic rings. The quantitative estimate of drug-likeness (QED) is 0.682. The first-order valence-electron chi connectivity index (χ1n) is 6.03. The summed E-state index contributed by atoms with van der Waals surface area (Å²) < 4.78 is 0. The predicted octanol–water partition coefficient (Wildman–Crippen LogP) is 3.30. The molecule has 1 saturated heterocycles. The van der Waals surface area contributed by atoms with Crippen LogP contribution in [0.3, 0.4) is 0 Å². The van der Waals surface area contributed by atoms with Crippen molar-refractivity contribution in [3.05, 3.63) is 0 Å². The fourth-order valence-electron chi connectivity index (χ4n) is 1.94. The topological polar surface area (TPSA) is 12.0 Å². The Morgan fingerprint density at radius 3 is 2.71 bits per heavy atom. The molecule has 1 fully saturated rings. The average molecular weight is 215 g/mol. The van der Waals surface area contributed by atoms with E-state index in [9.17, 15) is 0 Å². The standard InChI is InChI=1S/C12H25NS/c1-10(2)6-4-5-7-13-12-8-11(3)14-9-12/h10-13H,4-9H2,1-3H3.